The van der Waals surface area contributed by atoms with Crippen LogP contribution in [0.4, 0.5) is 5.69 Å². The van der Waals surface area contributed by atoms with Crippen LogP contribution in [0.3, 0.4) is 0 Å². The van der Waals surface area contributed by atoms with Crippen LogP contribution in [0.1, 0.15) is 12.0 Å². The molecule has 102 valence electrons. The molecule has 1 saturated heterocycles. The Morgan fingerprint density at radius 2 is 2.05 bits per heavy atom. The molecule has 5 nitrogen and oxygen atoms in total. The van der Waals surface area contributed by atoms with Crippen molar-refractivity contribution >= 4 is 17.6 Å². The largest absolute Gasteiger partial charge is 0.481 e. The molecule has 1 heterocycles. The maximum atomic E-state index is 12.1. The second-order valence-corrected chi connectivity index (χ2v) is 4.75. The average molecular weight is 262 g/mol. The summed E-state index contributed by atoms with van der Waals surface area (Å²) in [7, 11) is 0. The number of carboxylic acid groups (broad SMARTS) is 1. The lowest BCUT2D eigenvalue weighted by atomic mass is 10.1. The van der Waals surface area contributed by atoms with Crippen molar-refractivity contribution < 1.29 is 14.7 Å². The smallest absolute Gasteiger partial charge is 0.304 e. The molecule has 1 N–H and O–H groups in total. The van der Waals surface area contributed by atoms with Gasteiger partial charge in [-0.25, -0.2) is 0 Å². The van der Waals surface area contributed by atoms with Crippen LogP contribution in [-0.4, -0.2) is 48.1 Å². The van der Waals surface area contributed by atoms with Crippen molar-refractivity contribution in [3.63, 3.8) is 0 Å². The number of nitrogens with zero attached hydrogens (tertiary/aromatic N) is 2. The van der Waals surface area contributed by atoms with Gasteiger partial charge >= 0.3 is 5.97 Å². The summed E-state index contributed by atoms with van der Waals surface area (Å²) in [6.07, 6.45) is 0.0810. The number of aliphatic carboxylic acids is 1. The highest BCUT2D eigenvalue weighted by atomic mass is 16.4. The first-order valence-electron chi connectivity index (χ1n) is 6.38. The van der Waals surface area contributed by atoms with E-state index in [-0.39, 0.29) is 12.3 Å². The number of para-hydroxylation sites is 1. The molecule has 5 heteroatoms. The predicted molar refractivity (Wildman–Crippen MR) is 72.2 cm³/mol. The van der Waals surface area contributed by atoms with E-state index in [1.807, 2.05) is 36.1 Å². The third-order valence-electron chi connectivity index (χ3n) is 3.35. The van der Waals surface area contributed by atoms with E-state index < -0.39 is 5.97 Å². The average Bonchev–Trinajstić information content (AvgIpc) is 2.38. The molecule has 1 aromatic carbocycles. The van der Waals surface area contributed by atoms with Crippen LogP contribution in [0.2, 0.25) is 0 Å². The molecule has 1 amide bonds. The number of piperazine rings is 1. The number of hydrogen-bond donors (Lipinski definition) is 1. The van der Waals surface area contributed by atoms with Crippen LogP contribution >= 0.6 is 0 Å². The van der Waals surface area contributed by atoms with Gasteiger partial charge in [-0.15, -0.1) is 0 Å². The third-order valence-corrected chi connectivity index (χ3v) is 3.35. The Morgan fingerprint density at radius 3 is 2.68 bits per heavy atom. The highest BCUT2D eigenvalue weighted by molar-refractivity contribution is 5.96. The summed E-state index contributed by atoms with van der Waals surface area (Å²) in [5, 5.41) is 8.65. The lowest BCUT2D eigenvalue weighted by Crippen LogP contribution is -2.51. The van der Waals surface area contributed by atoms with Gasteiger partial charge in [0.05, 0.1) is 13.0 Å². The molecule has 1 fully saturated rings. The Morgan fingerprint density at radius 1 is 1.32 bits per heavy atom. The van der Waals surface area contributed by atoms with Gasteiger partial charge in [-0.05, 0) is 18.6 Å². The predicted octanol–water partition coefficient (Wildman–Crippen LogP) is 1.12. The number of rotatable bonds is 4. The summed E-state index contributed by atoms with van der Waals surface area (Å²) in [5.74, 6) is -0.792. The molecule has 0 bridgehead atoms. The number of anilines is 1. The molecule has 19 heavy (non-hydrogen) atoms. The topological polar surface area (TPSA) is 60.9 Å². The summed E-state index contributed by atoms with van der Waals surface area (Å²) in [6, 6.07) is 7.80. The molecule has 0 aromatic heterocycles. The van der Waals surface area contributed by atoms with Crippen LogP contribution < -0.4 is 4.90 Å². The number of aryl methyl sites for hydroxylation is 1. The van der Waals surface area contributed by atoms with Crippen molar-refractivity contribution in [1.29, 1.82) is 0 Å². The van der Waals surface area contributed by atoms with Gasteiger partial charge in [-0.3, -0.25) is 14.5 Å². The zero-order chi connectivity index (χ0) is 13.8. The minimum Gasteiger partial charge on any atom is -0.481 e. The van der Waals surface area contributed by atoms with E-state index in [2.05, 4.69) is 0 Å². The molecular formula is C14H18N2O3. The highest BCUT2D eigenvalue weighted by Crippen LogP contribution is 2.21. The number of amides is 1. The van der Waals surface area contributed by atoms with Crippen LogP contribution in [0.15, 0.2) is 24.3 Å². The Bertz CT molecular complexity index is 487. The van der Waals surface area contributed by atoms with Crippen molar-refractivity contribution in [2.75, 3.05) is 31.1 Å². The maximum absolute atomic E-state index is 12.1. The van der Waals surface area contributed by atoms with Gasteiger partial charge in [-0.2, -0.15) is 0 Å². The Kier molecular flexibility index (Phi) is 4.16. The zero-order valence-corrected chi connectivity index (χ0v) is 11.0. The van der Waals surface area contributed by atoms with Crippen molar-refractivity contribution in [3.05, 3.63) is 29.8 Å². The van der Waals surface area contributed by atoms with E-state index in [1.165, 1.54) is 0 Å². The number of hydrogen-bond acceptors (Lipinski definition) is 3. The number of carbonyl (C=O) groups excluding carboxylic acids is 1. The van der Waals surface area contributed by atoms with Crippen molar-refractivity contribution in [2.45, 2.75) is 13.3 Å². The summed E-state index contributed by atoms with van der Waals surface area (Å²) in [6.45, 7) is 4.04. The number of benzene rings is 1. The lowest BCUT2D eigenvalue weighted by molar-refractivity contribution is -0.137. The van der Waals surface area contributed by atoms with Gasteiger partial charge in [0, 0.05) is 25.3 Å². The molecule has 0 saturated carbocycles. The molecule has 0 unspecified atom stereocenters. The third kappa shape index (κ3) is 3.32. The van der Waals surface area contributed by atoms with Gasteiger partial charge < -0.3 is 10.0 Å². The van der Waals surface area contributed by atoms with E-state index in [0.29, 0.717) is 26.2 Å². The van der Waals surface area contributed by atoms with Gasteiger partial charge in [0.25, 0.3) is 0 Å². The Hall–Kier alpha value is -1.88. The van der Waals surface area contributed by atoms with Crippen molar-refractivity contribution in [3.8, 4) is 0 Å². The quantitative estimate of drug-likeness (QED) is 0.883. The maximum Gasteiger partial charge on any atom is 0.304 e. The standard InChI is InChI=1S/C14H18N2O3/c1-11-4-2-3-5-12(11)16-9-8-15(10-13(16)17)7-6-14(18)19/h2-5H,6-10H2,1H3,(H,18,19). The van der Waals surface area contributed by atoms with Gasteiger partial charge in [0.15, 0.2) is 0 Å². The molecule has 2 rings (SSSR count). The van der Waals surface area contributed by atoms with Gasteiger partial charge in [-0.1, -0.05) is 18.2 Å². The molecule has 1 aliphatic heterocycles. The van der Waals surface area contributed by atoms with Crippen molar-refractivity contribution in [2.24, 2.45) is 0 Å². The lowest BCUT2D eigenvalue weighted by Gasteiger charge is -2.34. The fraction of sp³-hybridized carbons (Fsp3) is 0.429. The minimum absolute atomic E-state index is 0.0333. The minimum atomic E-state index is -0.825. The second kappa shape index (κ2) is 5.84. The van der Waals surface area contributed by atoms with E-state index in [0.717, 1.165) is 11.3 Å². The fourth-order valence-electron chi connectivity index (χ4n) is 2.29. The molecule has 0 atom stereocenters. The summed E-state index contributed by atoms with van der Waals surface area (Å²) in [4.78, 5) is 26.3. The van der Waals surface area contributed by atoms with E-state index in [9.17, 15) is 9.59 Å². The zero-order valence-electron chi connectivity index (χ0n) is 11.0. The van der Waals surface area contributed by atoms with Crippen LogP contribution in [-0.2, 0) is 9.59 Å². The SMILES string of the molecule is Cc1ccccc1N1CCN(CCC(=O)O)CC1=O. The first kappa shape index (κ1) is 13.5. The Balaban J connectivity index is 1.99. The number of carboxylic acids is 1. The van der Waals surface area contributed by atoms with Crippen LogP contribution in [0.25, 0.3) is 0 Å². The molecule has 0 radical (unpaired) electrons. The molecule has 1 aliphatic rings. The first-order chi connectivity index (χ1) is 9.08. The Labute approximate surface area is 112 Å². The normalized spacial score (nSPS) is 16.7. The number of carbonyl (C=O) groups is 2. The monoisotopic (exact) mass is 262 g/mol. The highest BCUT2D eigenvalue weighted by Gasteiger charge is 2.25. The first-order valence-corrected chi connectivity index (χ1v) is 6.38. The summed E-state index contributed by atoms with van der Waals surface area (Å²) >= 11 is 0. The molecule has 0 aliphatic carbocycles. The van der Waals surface area contributed by atoms with Crippen LogP contribution in [0, 0.1) is 6.92 Å². The second-order valence-electron chi connectivity index (χ2n) is 4.75. The van der Waals surface area contributed by atoms with Crippen molar-refractivity contribution in [1.82, 2.24) is 4.90 Å². The molecular weight excluding hydrogens is 244 g/mol. The fourth-order valence-corrected chi connectivity index (χ4v) is 2.29. The van der Waals surface area contributed by atoms with E-state index in [1.54, 1.807) is 4.90 Å². The summed E-state index contributed by atoms with van der Waals surface area (Å²) in [5.41, 5.74) is 2.03. The van der Waals surface area contributed by atoms with E-state index in [4.69, 9.17) is 5.11 Å². The van der Waals surface area contributed by atoms with E-state index >= 15 is 0 Å². The van der Waals surface area contributed by atoms with Crippen LogP contribution in [0.5, 0.6) is 0 Å². The summed E-state index contributed by atoms with van der Waals surface area (Å²) < 4.78 is 0. The molecule has 0 spiro atoms. The van der Waals surface area contributed by atoms with Gasteiger partial charge in [0.1, 0.15) is 0 Å². The molecule has 1 aromatic rings. The van der Waals surface area contributed by atoms with Gasteiger partial charge in [0.2, 0.25) is 5.91 Å².